The number of ether oxygens (including phenoxy) is 7. The molecular formula is C55H85FIN7O12. The molecule has 0 bridgehead atoms. The van der Waals surface area contributed by atoms with Crippen LogP contribution in [0.2, 0.25) is 0 Å². The molecule has 0 saturated carbocycles. The molecule has 5 heterocycles. The number of hydrogen-bond donors (Lipinski definition) is 5. The number of likely N-dealkylation sites (N-methyl/N-ethyl adjacent to an activating group) is 1. The molecule has 0 spiro atoms. The predicted octanol–water partition coefficient (Wildman–Crippen LogP) is 6.27. The first-order valence-electron chi connectivity index (χ1n) is 26.7. The highest BCUT2D eigenvalue weighted by atomic mass is 127. The van der Waals surface area contributed by atoms with E-state index in [4.69, 9.17) is 33.2 Å². The van der Waals surface area contributed by atoms with Crippen LogP contribution >= 0.6 is 22.6 Å². The van der Waals surface area contributed by atoms with Crippen LogP contribution < -0.4 is 0 Å². The summed E-state index contributed by atoms with van der Waals surface area (Å²) in [7, 11) is 6.52. The Bertz CT molecular complexity index is 2360. The molecule has 6 rings (SSSR count). The van der Waals surface area contributed by atoms with Gasteiger partial charge in [-0.15, -0.1) is 5.10 Å². The lowest BCUT2D eigenvalue weighted by Crippen LogP contribution is -2.62. The Labute approximate surface area is 461 Å². The van der Waals surface area contributed by atoms with Crippen LogP contribution in [0.3, 0.4) is 0 Å². The van der Waals surface area contributed by atoms with Crippen LogP contribution in [-0.2, 0) is 50.8 Å². The van der Waals surface area contributed by atoms with Gasteiger partial charge in [-0.2, -0.15) is 0 Å². The van der Waals surface area contributed by atoms with Gasteiger partial charge >= 0.3 is 5.97 Å². The van der Waals surface area contributed by atoms with Gasteiger partial charge < -0.3 is 63.9 Å². The third-order valence-corrected chi connectivity index (χ3v) is 18.5. The Morgan fingerprint density at radius 1 is 0.934 bits per heavy atom. The number of alkyl halides is 2. The second-order valence-electron chi connectivity index (χ2n) is 22.4. The summed E-state index contributed by atoms with van der Waals surface area (Å²) in [5.74, 6) is -3.58. The van der Waals surface area contributed by atoms with Crippen molar-refractivity contribution in [1.82, 2.24) is 29.9 Å². The molecule has 3 aromatic rings. The Morgan fingerprint density at radius 2 is 1.58 bits per heavy atom. The second-order valence-corrected chi connectivity index (χ2v) is 23.5. The lowest BCUT2D eigenvalue weighted by Gasteiger charge is -2.52. The zero-order valence-electron chi connectivity index (χ0n) is 46.8. The average molecular weight is 1180 g/mol. The molecule has 3 aliphatic rings. The van der Waals surface area contributed by atoms with Crippen LogP contribution in [0.25, 0.3) is 11.1 Å². The van der Waals surface area contributed by atoms with Gasteiger partial charge in [0.05, 0.1) is 53.3 Å². The van der Waals surface area contributed by atoms with Crippen molar-refractivity contribution >= 4 is 34.3 Å². The van der Waals surface area contributed by atoms with Crippen molar-refractivity contribution in [3.63, 3.8) is 0 Å². The molecular weight excluding hydrogens is 1100 g/mol. The maximum atomic E-state index is 15.0. The van der Waals surface area contributed by atoms with E-state index < -0.39 is 124 Å². The number of methoxy groups -OCH3 is 3. The molecule has 20 atom stereocenters. The van der Waals surface area contributed by atoms with Crippen LogP contribution in [0.4, 0.5) is 4.39 Å². The molecule has 3 saturated heterocycles. The van der Waals surface area contributed by atoms with E-state index >= 15 is 0 Å². The predicted molar refractivity (Wildman–Crippen MR) is 290 cm³/mol. The first-order valence-corrected chi connectivity index (χ1v) is 27.9. The van der Waals surface area contributed by atoms with Gasteiger partial charge in [0.25, 0.3) is 0 Å². The third kappa shape index (κ3) is 13.3. The van der Waals surface area contributed by atoms with Gasteiger partial charge in [-0.3, -0.25) is 4.79 Å². The number of carbonyl (C=O) groups excluding carboxylic acids is 1. The molecule has 1 aromatic carbocycles. The summed E-state index contributed by atoms with van der Waals surface area (Å²) in [4.78, 5) is 25.4. The normalized spacial score (nSPS) is 38.1. The van der Waals surface area contributed by atoms with E-state index in [2.05, 4.69) is 20.3 Å². The minimum atomic E-state index is -1.94. The SMILES string of the molecule is CCc1ncc(-c2ccc([C@@H](OC)[C@@H](CF)n3cc(CCN(C)[C@H]4C[C@@H](C)O[C@@H](O[C@@H]5[C@@H](C)C([C@H]6C[C@@](C)(OC)[C@@H](O)[C@H](C)O6)[C@@H](C)C(=O)O[C@H](I)[C@@](C)(O)[C@H](O)[C@@H](C)C(=N)[C@H](C)C[C@@]5(C)OC)[C@@H]4O)nn3)cc2)cn1. The third-order valence-electron chi connectivity index (χ3n) is 17.0. The van der Waals surface area contributed by atoms with Gasteiger partial charge in [0.1, 0.15) is 42.5 Å². The lowest BCUT2D eigenvalue weighted by molar-refractivity contribution is -0.304. The second kappa shape index (κ2) is 25.9. The number of hydrogen-bond acceptors (Lipinski definition) is 18. The number of carbonyl (C=O) groups is 1. The van der Waals surface area contributed by atoms with Crippen LogP contribution in [0.15, 0.2) is 42.9 Å². The number of halogens is 2. The summed E-state index contributed by atoms with van der Waals surface area (Å²) in [6.07, 6.45) is -1.01. The van der Waals surface area contributed by atoms with Crippen molar-refractivity contribution in [3.8, 4) is 11.1 Å². The number of aliphatic hydroxyl groups excluding tert-OH is 3. The number of benzene rings is 1. The van der Waals surface area contributed by atoms with Crippen LogP contribution in [0, 0.1) is 35.0 Å². The fourth-order valence-electron chi connectivity index (χ4n) is 11.9. The largest absolute Gasteiger partial charge is 0.448 e. The highest BCUT2D eigenvalue weighted by molar-refractivity contribution is 14.1. The van der Waals surface area contributed by atoms with Gasteiger partial charge in [0.15, 0.2) is 10.4 Å². The van der Waals surface area contributed by atoms with Crippen molar-refractivity contribution in [2.24, 2.45) is 29.6 Å². The first-order chi connectivity index (χ1) is 35.8. The quantitative estimate of drug-likeness (QED) is 0.0603. The lowest BCUT2D eigenvalue weighted by atomic mass is 9.68. The number of nitrogens with zero attached hydrogens (tertiary/aromatic N) is 6. The molecule has 3 fully saturated rings. The molecule has 76 heavy (non-hydrogen) atoms. The molecule has 5 N–H and O–H groups in total. The number of aliphatic hydroxyl groups is 4. The minimum Gasteiger partial charge on any atom is -0.448 e. The standard InChI is InChI=1S/C55H85FIN7O12/c1-15-42-59-26-37(27-60-42)35-16-18-36(19-17-35)46(70-12)40(25-56)64-28-38(61-62-64)20-21-63(11)39-22-30(3)73-51(45(39)65)75-49-31(4)43(41-24-53(8,71-13)48(67)34(7)74-41)32(5)50(68)76-52(57)55(10,69)47(66)33(6)44(58)29(2)23-54(49,9)72-14/h16-19,26-34,39-41,43,45-49,51-52,58,65-67,69H,15,20-25H2,1-14H3/t29-,30-,31+,32-,33+,34+,39+,40-,41-,43?,45-,46-,47-,48+,49-,51+,52+,53-,54-,55+/m1/s1. The average Bonchev–Trinajstić information content (AvgIpc) is 3.88. The monoisotopic (exact) mass is 1180 g/mol. The van der Waals surface area contributed by atoms with E-state index in [1.807, 2.05) is 93.4 Å². The minimum absolute atomic E-state index is 0.145. The first kappa shape index (κ1) is 62.0. The van der Waals surface area contributed by atoms with Crippen molar-refractivity contribution in [2.75, 3.05) is 41.6 Å². The Balaban J connectivity index is 1.26. The van der Waals surface area contributed by atoms with Crippen molar-refractivity contribution in [2.45, 2.75) is 189 Å². The highest BCUT2D eigenvalue weighted by Gasteiger charge is 2.56. The van der Waals surface area contributed by atoms with Crippen molar-refractivity contribution < 1.29 is 62.8 Å². The Kier molecular flexibility index (Phi) is 21.2. The number of aryl methyl sites for hydroxylation is 1. The van der Waals surface area contributed by atoms with Gasteiger partial charge in [-0.05, 0) is 100 Å². The number of aromatic nitrogens is 5. The molecule has 0 radical (unpaired) electrons. The molecule has 3 aliphatic heterocycles. The van der Waals surface area contributed by atoms with E-state index in [-0.39, 0.29) is 24.7 Å². The zero-order chi connectivity index (χ0) is 56.2. The topological polar surface area (TPSA) is 246 Å². The van der Waals surface area contributed by atoms with Crippen molar-refractivity contribution in [3.05, 3.63) is 59.9 Å². The Hall–Kier alpha value is -3.20. The van der Waals surface area contributed by atoms with E-state index in [1.165, 1.54) is 18.7 Å². The summed E-state index contributed by atoms with van der Waals surface area (Å²) in [5.41, 5.74) is -0.921. The van der Waals surface area contributed by atoms with Crippen molar-refractivity contribution in [1.29, 1.82) is 5.41 Å². The van der Waals surface area contributed by atoms with Gasteiger partial charge in [0.2, 0.25) is 0 Å². The smallest absolute Gasteiger partial charge is 0.310 e. The van der Waals surface area contributed by atoms with Crippen LogP contribution in [-0.4, -0.2) is 180 Å². The number of nitrogens with one attached hydrogen (secondary N) is 1. The molecule has 1 unspecified atom stereocenters. The highest BCUT2D eigenvalue weighted by Crippen LogP contribution is 2.46. The zero-order valence-corrected chi connectivity index (χ0v) is 49.0. The fourth-order valence-corrected chi connectivity index (χ4v) is 12.5. The molecule has 426 valence electrons. The van der Waals surface area contributed by atoms with Gasteiger partial charge in [-0.25, -0.2) is 19.0 Å². The maximum Gasteiger partial charge on any atom is 0.310 e. The number of cyclic esters (lactones) is 1. The summed E-state index contributed by atoms with van der Waals surface area (Å²) in [6.45, 7) is 17.6. The summed E-state index contributed by atoms with van der Waals surface area (Å²) in [6, 6.07) is 6.40. The number of rotatable bonds is 16. The molecule has 0 amide bonds. The molecule has 0 aliphatic carbocycles. The van der Waals surface area contributed by atoms with E-state index in [0.29, 0.717) is 25.1 Å². The summed E-state index contributed by atoms with van der Waals surface area (Å²) in [5, 5.41) is 65.2. The molecule has 19 nitrogen and oxygen atoms in total. The van der Waals surface area contributed by atoms with E-state index in [1.54, 1.807) is 60.5 Å². The Morgan fingerprint density at radius 3 is 2.17 bits per heavy atom. The summed E-state index contributed by atoms with van der Waals surface area (Å²) >= 11 is 1.82. The van der Waals surface area contributed by atoms with Crippen LogP contribution in [0.1, 0.15) is 118 Å². The van der Waals surface area contributed by atoms with Gasteiger partial charge in [-0.1, -0.05) is 64.1 Å². The summed E-state index contributed by atoms with van der Waals surface area (Å²) < 4.78 is 59.9. The van der Waals surface area contributed by atoms with E-state index in [0.717, 1.165) is 28.9 Å². The number of esters is 1. The molecule has 21 heteroatoms. The fraction of sp³-hybridized carbons (Fsp3) is 0.745. The van der Waals surface area contributed by atoms with Gasteiger partial charge in [0, 0.05) is 94.9 Å². The van der Waals surface area contributed by atoms with E-state index in [9.17, 15) is 35.0 Å². The molecule has 2 aromatic heterocycles. The van der Waals surface area contributed by atoms with Crippen LogP contribution in [0.5, 0.6) is 0 Å². The maximum absolute atomic E-state index is 15.0.